The molecule has 0 spiro atoms. The first-order valence-electron chi connectivity index (χ1n) is 5.99. The Labute approximate surface area is 108 Å². The van der Waals surface area contributed by atoms with E-state index in [1.165, 1.54) is 0 Å². The molecule has 4 nitrogen and oxygen atoms in total. The Balaban J connectivity index is 2.82. The number of carbonyl (C=O) groups excluding carboxylic acids is 1. The van der Waals surface area contributed by atoms with Crippen molar-refractivity contribution in [1.29, 1.82) is 0 Å². The van der Waals surface area contributed by atoms with Crippen molar-refractivity contribution in [3.63, 3.8) is 0 Å². The molecule has 2 atom stereocenters. The highest BCUT2D eigenvalue weighted by Crippen LogP contribution is 2.25. The normalized spacial score (nSPS) is 14.9. The monoisotopic (exact) mass is 251 g/mol. The molecule has 1 aromatic rings. The summed E-state index contributed by atoms with van der Waals surface area (Å²) >= 11 is 0. The lowest BCUT2D eigenvalue weighted by molar-refractivity contribution is -0.0484. The van der Waals surface area contributed by atoms with E-state index in [-0.39, 0.29) is 5.41 Å². The number of amides is 1. The zero-order chi connectivity index (χ0) is 13.8. The second kappa shape index (κ2) is 5.87. The van der Waals surface area contributed by atoms with Gasteiger partial charge in [-0.2, -0.15) is 0 Å². The van der Waals surface area contributed by atoms with Gasteiger partial charge in [0.1, 0.15) is 6.10 Å². The minimum Gasteiger partial charge on any atom is -0.443 e. The van der Waals surface area contributed by atoms with Gasteiger partial charge >= 0.3 is 6.09 Å². The Morgan fingerprint density at radius 1 is 1.33 bits per heavy atom. The summed E-state index contributed by atoms with van der Waals surface area (Å²) in [7, 11) is 0. The fourth-order valence-corrected chi connectivity index (χ4v) is 1.77. The largest absolute Gasteiger partial charge is 0.443 e. The molecule has 1 amide bonds. The zero-order valence-corrected chi connectivity index (χ0v) is 11.1. The van der Waals surface area contributed by atoms with E-state index in [4.69, 9.17) is 10.5 Å². The summed E-state index contributed by atoms with van der Waals surface area (Å²) in [6, 6.07) is 9.56. The van der Waals surface area contributed by atoms with Gasteiger partial charge in [0.15, 0.2) is 0 Å². The fraction of sp³-hybridized carbons (Fsp3) is 0.500. The molecule has 1 aromatic carbocycles. The average Bonchev–Trinajstić information content (AvgIpc) is 2.26. The van der Waals surface area contributed by atoms with Crippen molar-refractivity contribution in [2.75, 3.05) is 0 Å². The highest BCUT2D eigenvalue weighted by molar-refractivity contribution is 5.64. The van der Waals surface area contributed by atoms with E-state index < -0.39 is 18.3 Å². The Morgan fingerprint density at radius 3 is 2.33 bits per heavy atom. The van der Waals surface area contributed by atoms with E-state index in [9.17, 15) is 9.90 Å². The molecule has 0 aromatic heterocycles. The summed E-state index contributed by atoms with van der Waals surface area (Å²) in [5.74, 6) is 0. The molecule has 0 aliphatic carbocycles. The minimum atomic E-state index is -0.862. The van der Waals surface area contributed by atoms with E-state index in [0.717, 1.165) is 5.56 Å². The van der Waals surface area contributed by atoms with Gasteiger partial charge in [0, 0.05) is 6.42 Å². The first-order valence-corrected chi connectivity index (χ1v) is 5.99. The van der Waals surface area contributed by atoms with Crippen LogP contribution in [0.25, 0.3) is 0 Å². The van der Waals surface area contributed by atoms with Crippen LogP contribution in [0.15, 0.2) is 30.3 Å². The van der Waals surface area contributed by atoms with Gasteiger partial charge in [-0.15, -0.1) is 0 Å². The van der Waals surface area contributed by atoms with Crippen molar-refractivity contribution in [2.45, 2.75) is 39.4 Å². The minimum absolute atomic E-state index is 0.380. The van der Waals surface area contributed by atoms with Gasteiger partial charge in [-0.3, -0.25) is 0 Å². The molecule has 3 N–H and O–H groups in total. The van der Waals surface area contributed by atoms with Crippen LogP contribution in [-0.2, 0) is 11.2 Å². The lowest BCUT2D eigenvalue weighted by Crippen LogP contribution is -2.42. The van der Waals surface area contributed by atoms with Crippen LogP contribution in [0, 0.1) is 5.41 Å². The second-order valence-corrected chi connectivity index (χ2v) is 5.48. The quantitative estimate of drug-likeness (QED) is 0.860. The van der Waals surface area contributed by atoms with Crippen molar-refractivity contribution in [3.05, 3.63) is 35.9 Å². The number of primary amides is 1. The summed E-state index contributed by atoms with van der Waals surface area (Å²) in [6.07, 6.45) is -1.82. The molecule has 0 heterocycles. The van der Waals surface area contributed by atoms with Crippen LogP contribution in [0.4, 0.5) is 4.79 Å². The summed E-state index contributed by atoms with van der Waals surface area (Å²) < 4.78 is 5.03. The summed E-state index contributed by atoms with van der Waals surface area (Å²) in [6.45, 7) is 5.67. The Bertz CT molecular complexity index is 384. The van der Waals surface area contributed by atoms with Gasteiger partial charge in [-0.05, 0) is 11.0 Å². The third kappa shape index (κ3) is 4.37. The van der Waals surface area contributed by atoms with Crippen LogP contribution in [0.3, 0.4) is 0 Å². The molecule has 1 unspecified atom stereocenters. The summed E-state index contributed by atoms with van der Waals surface area (Å²) in [5, 5.41) is 10.2. The molecule has 0 saturated heterocycles. The molecule has 1 rings (SSSR count). The van der Waals surface area contributed by atoms with Gasteiger partial charge < -0.3 is 15.6 Å². The van der Waals surface area contributed by atoms with Crippen molar-refractivity contribution >= 4 is 6.09 Å². The van der Waals surface area contributed by atoms with Gasteiger partial charge in [0.05, 0.1) is 6.10 Å². The van der Waals surface area contributed by atoms with Crippen molar-refractivity contribution < 1.29 is 14.6 Å². The van der Waals surface area contributed by atoms with E-state index in [1.54, 1.807) is 0 Å². The summed E-state index contributed by atoms with van der Waals surface area (Å²) in [5.41, 5.74) is 5.67. The molecule has 0 aliphatic rings. The smallest absolute Gasteiger partial charge is 0.404 e. The fourth-order valence-electron chi connectivity index (χ4n) is 1.77. The standard InChI is InChI=1S/C14H21NO3/c1-14(2,3)12(16)11(18-13(15)17)9-10-7-5-4-6-8-10/h4-8,11-12,16H,9H2,1-3H3,(H2,15,17)/t11?,12-/m0/s1. The lowest BCUT2D eigenvalue weighted by Gasteiger charge is -2.32. The maximum atomic E-state index is 10.9. The number of carbonyl (C=O) groups is 1. The molecular formula is C14H21NO3. The topological polar surface area (TPSA) is 72.6 Å². The maximum absolute atomic E-state index is 10.9. The van der Waals surface area contributed by atoms with Crippen LogP contribution < -0.4 is 5.73 Å². The third-order valence-electron chi connectivity index (χ3n) is 2.79. The molecular weight excluding hydrogens is 230 g/mol. The zero-order valence-electron chi connectivity index (χ0n) is 11.1. The SMILES string of the molecule is CC(C)(C)[C@@H](O)C(Cc1ccccc1)OC(N)=O. The molecule has 18 heavy (non-hydrogen) atoms. The first-order chi connectivity index (χ1) is 8.30. The van der Waals surface area contributed by atoms with Crippen LogP contribution in [0.5, 0.6) is 0 Å². The number of aliphatic hydroxyl groups excluding tert-OH is 1. The Kier molecular flexibility index (Phi) is 4.73. The molecule has 4 heteroatoms. The number of nitrogens with two attached hydrogens (primary N) is 1. The van der Waals surface area contributed by atoms with Crippen molar-refractivity contribution in [3.8, 4) is 0 Å². The highest BCUT2D eigenvalue weighted by atomic mass is 16.6. The second-order valence-electron chi connectivity index (χ2n) is 5.48. The Morgan fingerprint density at radius 2 is 1.89 bits per heavy atom. The van der Waals surface area contributed by atoms with Gasteiger partial charge in [-0.1, -0.05) is 51.1 Å². The Hall–Kier alpha value is -1.55. The highest BCUT2D eigenvalue weighted by Gasteiger charge is 2.32. The molecule has 0 fully saturated rings. The van der Waals surface area contributed by atoms with Gasteiger partial charge in [0.2, 0.25) is 0 Å². The van der Waals surface area contributed by atoms with Gasteiger partial charge in [0.25, 0.3) is 0 Å². The number of aliphatic hydroxyl groups is 1. The van der Waals surface area contributed by atoms with Crippen LogP contribution in [0.1, 0.15) is 26.3 Å². The molecule has 100 valence electrons. The molecule has 0 bridgehead atoms. The third-order valence-corrected chi connectivity index (χ3v) is 2.79. The molecule has 0 radical (unpaired) electrons. The number of rotatable bonds is 4. The number of ether oxygens (including phenoxy) is 1. The number of benzene rings is 1. The number of hydrogen-bond donors (Lipinski definition) is 2. The van der Waals surface area contributed by atoms with Crippen LogP contribution in [0.2, 0.25) is 0 Å². The van der Waals surface area contributed by atoms with Crippen LogP contribution in [-0.4, -0.2) is 23.4 Å². The van der Waals surface area contributed by atoms with Crippen molar-refractivity contribution in [1.82, 2.24) is 0 Å². The molecule has 0 aliphatic heterocycles. The van der Waals surface area contributed by atoms with E-state index in [1.807, 2.05) is 51.1 Å². The van der Waals surface area contributed by atoms with Gasteiger partial charge in [-0.25, -0.2) is 4.79 Å². The van der Waals surface area contributed by atoms with E-state index in [2.05, 4.69) is 0 Å². The van der Waals surface area contributed by atoms with E-state index in [0.29, 0.717) is 6.42 Å². The number of hydrogen-bond acceptors (Lipinski definition) is 3. The predicted octanol–water partition coefficient (Wildman–Crippen LogP) is 2.10. The summed E-state index contributed by atoms with van der Waals surface area (Å²) in [4.78, 5) is 10.9. The predicted molar refractivity (Wildman–Crippen MR) is 70.1 cm³/mol. The van der Waals surface area contributed by atoms with E-state index >= 15 is 0 Å². The van der Waals surface area contributed by atoms with Crippen LogP contribution >= 0.6 is 0 Å². The molecule has 0 saturated carbocycles. The first kappa shape index (κ1) is 14.5. The maximum Gasteiger partial charge on any atom is 0.404 e. The van der Waals surface area contributed by atoms with Crippen molar-refractivity contribution in [2.24, 2.45) is 11.1 Å². The lowest BCUT2D eigenvalue weighted by atomic mass is 9.84. The average molecular weight is 251 g/mol.